The van der Waals surface area contributed by atoms with E-state index < -0.39 is 5.54 Å². The highest BCUT2D eigenvalue weighted by Crippen LogP contribution is 2.20. The molecule has 3 rings (SSSR count). The van der Waals surface area contributed by atoms with Gasteiger partial charge in [0.1, 0.15) is 5.54 Å². The lowest BCUT2D eigenvalue weighted by Gasteiger charge is -2.27. The van der Waals surface area contributed by atoms with E-state index in [0.717, 1.165) is 11.1 Å². The number of carbonyl (C=O) groups excluding carboxylic acids is 1. The number of aryl methyl sites for hydroxylation is 1. The molecule has 31 heavy (non-hydrogen) atoms. The van der Waals surface area contributed by atoms with Crippen LogP contribution in [0.25, 0.3) is 10.9 Å². The van der Waals surface area contributed by atoms with Gasteiger partial charge in [-0.2, -0.15) is 5.26 Å². The third-order valence-electron chi connectivity index (χ3n) is 5.41. The fourth-order valence-electron chi connectivity index (χ4n) is 3.03. The number of carbonyl (C=O) groups is 1. The van der Waals surface area contributed by atoms with Gasteiger partial charge in [0.15, 0.2) is 5.16 Å². The van der Waals surface area contributed by atoms with Crippen molar-refractivity contribution >= 4 is 28.6 Å². The number of hydrogen-bond acceptors (Lipinski definition) is 5. The first-order valence-corrected chi connectivity index (χ1v) is 11.1. The van der Waals surface area contributed by atoms with Gasteiger partial charge in [-0.1, -0.05) is 67.6 Å². The Morgan fingerprint density at radius 3 is 2.55 bits per heavy atom. The lowest BCUT2D eigenvalue weighted by Crippen LogP contribution is -2.49. The number of amides is 1. The molecule has 3 aromatic rings. The number of hydrogen-bond donors (Lipinski definition) is 1. The van der Waals surface area contributed by atoms with E-state index in [4.69, 9.17) is 0 Å². The van der Waals surface area contributed by atoms with Crippen molar-refractivity contribution in [3.05, 3.63) is 70.0 Å². The molecule has 1 heterocycles. The molecule has 1 N–H and O–H groups in total. The van der Waals surface area contributed by atoms with Crippen LogP contribution in [0.4, 0.5) is 0 Å². The highest BCUT2D eigenvalue weighted by Gasteiger charge is 2.30. The molecule has 0 spiro atoms. The molecule has 1 aromatic heterocycles. The zero-order valence-corrected chi connectivity index (χ0v) is 19.0. The molecule has 2 aromatic carbocycles. The minimum absolute atomic E-state index is 0.0371. The second-order valence-electron chi connectivity index (χ2n) is 8.09. The summed E-state index contributed by atoms with van der Waals surface area (Å²) >= 11 is 1.20. The number of nitrogens with zero attached hydrogens (tertiary/aromatic N) is 3. The van der Waals surface area contributed by atoms with E-state index in [-0.39, 0.29) is 23.1 Å². The van der Waals surface area contributed by atoms with Crippen LogP contribution in [0.2, 0.25) is 0 Å². The lowest BCUT2D eigenvalue weighted by molar-refractivity contribution is -0.120. The van der Waals surface area contributed by atoms with Gasteiger partial charge in [-0.25, -0.2) is 4.98 Å². The Morgan fingerprint density at radius 1 is 1.23 bits per heavy atom. The minimum Gasteiger partial charge on any atom is -0.337 e. The monoisotopic (exact) mass is 434 g/mol. The van der Waals surface area contributed by atoms with Crippen molar-refractivity contribution in [3.8, 4) is 6.07 Å². The van der Waals surface area contributed by atoms with Gasteiger partial charge in [0.2, 0.25) is 5.91 Å². The van der Waals surface area contributed by atoms with Gasteiger partial charge in [-0.05, 0) is 37.5 Å². The molecule has 1 unspecified atom stereocenters. The van der Waals surface area contributed by atoms with E-state index in [1.807, 2.05) is 57.2 Å². The van der Waals surface area contributed by atoms with E-state index in [0.29, 0.717) is 22.6 Å². The maximum atomic E-state index is 13.2. The van der Waals surface area contributed by atoms with Crippen molar-refractivity contribution in [2.24, 2.45) is 5.92 Å². The predicted molar refractivity (Wildman–Crippen MR) is 124 cm³/mol. The van der Waals surface area contributed by atoms with E-state index in [2.05, 4.69) is 16.4 Å². The number of nitrogens with one attached hydrogen (secondary N) is 1. The summed E-state index contributed by atoms with van der Waals surface area (Å²) in [6.45, 7) is 7.87. The highest BCUT2D eigenvalue weighted by molar-refractivity contribution is 7.99. The maximum absolute atomic E-state index is 13.2. The second kappa shape index (κ2) is 9.36. The number of para-hydroxylation sites is 1. The van der Waals surface area contributed by atoms with Crippen LogP contribution in [0.1, 0.15) is 31.9 Å². The van der Waals surface area contributed by atoms with Gasteiger partial charge in [-0.15, -0.1) is 0 Å². The molecule has 0 bridgehead atoms. The normalized spacial score (nSPS) is 13.0. The SMILES string of the molecule is Cc1ccc(Cn2c(SCC(=O)NC(C)(C#N)C(C)C)nc3ccccc3c2=O)cc1. The Balaban J connectivity index is 1.91. The molecule has 0 fully saturated rings. The molecule has 0 aliphatic heterocycles. The standard InChI is InChI=1S/C24H26N4O2S/c1-16(2)24(4,15-25)27-21(29)14-31-23-26-20-8-6-5-7-19(20)22(30)28(23)13-18-11-9-17(3)10-12-18/h5-12,16H,13-14H2,1-4H3,(H,27,29). The van der Waals surface area contributed by atoms with Crippen LogP contribution >= 0.6 is 11.8 Å². The first kappa shape index (κ1) is 22.6. The molecule has 6 nitrogen and oxygen atoms in total. The maximum Gasteiger partial charge on any atom is 0.262 e. The van der Waals surface area contributed by atoms with Gasteiger partial charge >= 0.3 is 0 Å². The third-order valence-corrected chi connectivity index (χ3v) is 6.38. The summed E-state index contributed by atoms with van der Waals surface area (Å²) in [5.74, 6) is -0.250. The molecule has 1 atom stereocenters. The molecule has 0 saturated heterocycles. The van der Waals surface area contributed by atoms with E-state index in [9.17, 15) is 14.9 Å². The van der Waals surface area contributed by atoms with Crippen LogP contribution in [-0.2, 0) is 11.3 Å². The van der Waals surface area contributed by atoms with Crippen molar-refractivity contribution in [1.29, 1.82) is 5.26 Å². The average Bonchev–Trinajstić information content (AvgIpc) is 2.75. The predicted octanol–water partition coefficient (Wildman–Crippen LogP) is 3.90. The molecule has 0 radical (unpaired) electrons. The Kier molecular flexibility index (Phi) is 6.81. The Bertz CT molecular complexity index is 1190. The minimum atomic E-state index is -0.948. The van der Waals surface area contributed by atoms with E-state index in [1.165, 1.54) is 11.8 Å². The van der Waals surface area contributed by atoms with Crippen LogP contribution in [0.5, 0.6) is 0 Å². The van der Waals surface area contributed by atoms with Crippen molar-refractivity contribution in [1.82, 2.24) is 14.9 Å². The number of aromatic nitrogens is 2. The molecule has 0 aliphatic carbocycles. The summed E-state index contributed by atoms with van der Waals surface area (Å²) in [6, 6.07) is 17.4. The Morgan fingerprint density at radius 2 is 1.90 bits per heavy atom. The van der Waals surface area contributed by atoms with E-state index >= 15 is 0 Å². The van der Waals surface area contributed by atoms with Gasteiger partial charge in [0, 0.05) is 0 Å². The summed E-state index contributed by atoms with van der Waals surface area (Å²) in [6.07, 6.45) is 0. The number of fused-ring (bicyclic) bond motifs is 1. The van der Waals surface area contributed by atoms with Gasteiger partial charge in [0.25, 0.3) is 5.56 Å². The second-order valence-corrected chi connectivity index (χ2v) is 9.04. The van der Waals surface area contributed by atoms with Crippen molar-refractivity contribution in [2.45, 2.75) is 44.9 Å². The highest BCUT2D eigenvalue weighted by atomic mass is 32.2. The molecule has 0 saturated carbocycles. The molecular formula is C24H26N4O2S. The van der Waals surface area contributed by atoms with Crippen LogP contribution in [-0.4, -0.2) is 26.8 Å². The largest absolute Gasteiger partial charge is 0.337 e. The molecule has 160 valence electrons. The summed E-state index contributed by atoms with van der Waals surface area (Å²) in [5.41, 5.74) is 1.63. The Hall–Kier alpha value is -3.11. The van der Waals surface area contributed by atoms with Crippen LogP contribution in [0.15, 0.2) is 58.5 Å². The summed E-state index contributed by atoms with van der Waals surface area (Å²) in [4.78, 5) is 30.4. The molecule has 7 heteroatoms. The van der Waals surface area contributed by atoms with Crippen molar-refractivity contribution < 1.29 is 4.79 Å². The molecule has 0 aliphatic rings. The molecular weight excluding hydrogens is 408 g/mol. The van der Waals surface area contributed by atoms with Gasteiger partial charge in [-0.3, -0.25) is 14.2 Å². The van der Waals surface area contributed by atoms with Gasteiger partial charge < -0.3 is 5.32 Å². The van der Waals surface area contributed by atoms with Crippen LogP contribution in [0.3, 0.4) is 0 Å². The topological polar surface area (TPSA) is 87.8 Å². The van der Waals surface area contributed by atoms with Crippen LogP contribution in [0, 0.1) is 24.2 Å². The number of nitriles is 1. The van der Waals surface area contributed by atoms with Crippen molar-refractivity contribution in [3.63, 3.8) is 0 Å². The zero-order chi connectivity index (χ0) is 22.6. The van der Waals surface area contributed by atoms with Crippen molar-refractivity contribution in [2.75, 3.05) is 5.75 Å². The summed E-state index contributed by atoms with van der Waals surface area (Å²) in [7, 11) is 0. The number of benzene rings is 2. The Labute approximate surface area is 186 Å². The average molecular weight is 435 g/mol. The quantitative estimate of drug-likeness (QED) is 0.450. The molecule has 1 amide bonds. The zero-order valence-electron chi connectivity index (χ0n) is 18.2. The fraction of sp³-hybridized carbons (Fsp3) is 0.333. The first-order valence-electron chi connectivity index (χ1n) is 10.1. The van der Waals surface area contributed by atoms with E-state index in [1.54, 1.807) is 23.6 Å². The number of thioether (sulfide) groups is 1. The number of rotatable bonds is 7. The lowest BCUT2D eigenvalue weighted by atomic mass is 9.90. The third kappa shape index (κ3) is 5.15. The summed E-state index contributed by atoms with van der Waals surface area (Å²) < 4.78 is 1.61. The fourth-order valence-corrected chi connectivity index (χ4v) is 3.83. The first-order chi connectivity index (χ1) is 14.7. The smallest absolute Gasteiger partial charge is 0.262 e. The van der Waals surface area contributed by atoms with Crippen LogP contribution < -0.4 is 10.9 Å². The van der Waals surface area contributed by atoms with Gasteiger partial charge in [0.05, 0.1) is 29.3 Å². The summed E-state index contributed by atoms with van der Waals surface area (Å²) in [5, 5.41) is 13.3.